The molecule has 4 nitrogen and oxygen atoms in total. The maximum atomic E-state index is 13.2. The summed E-state index contributed by atoms with van der Waals surface area (Å²) in [6, 6.07) is 4.84. The molecule has 2 aromatic rings. The summed E-state index contributed by atoms with van der Waals surface area (Å²) in [6.45, 7) is 5.16. The molecule has 6 heteroatoms. The van der Waals surface area contributed by atoms with E-state index in [1.54, 1.807) is 23.9 Å². The van der Waals surface area contributed by atoms with Gasteiger partial charge in [-0.2, -0.15) is 0 Å². The lowest BCUT2D eigenvalue weighted by Gasteiger charge is -2.07. The zero-order valence-corrected chi connectivity index (χ0v) is 11.9. The van der Waals surface area contributed by atoms with Crippen molar-refractivity contribution in [2.75, 3.05) is 0 Å². The average molecular weight is 280 g/mol. The SMILES string of the molecule is CCn1c(CN)nnc1SCc1cc(F)ccc1C. The predicted octanol–water partition coefficient (Wildman–Crippen LogP) is 2.50. The summed E-state index contributed by atoms with van der Waals surface area (Å²) in [5.41, 5.74) is 7.66. The molecule has 0 saturated carbocycles. The third-order valence-corrected chi connectivity index (χ3v) is 3.98. The second-order valence-electron chi connectivity index (χ2n) is 4.21. The van der Waals surface area contributed by atoms with Gasteiger partial charge in [0.2, 0.25) is 0 Å². The first kappa shape index (κ1) is 14.0. The van der Waals surface area contributed by atoms with Gasteiger partial charge in [0.15, 0.2) is 5.16 Å². The minimum atomic E-state index is -0.208. The van der Waals surface area contributed by atoms with Gasteiger partial charge in [0.05, 0.1) is 6.54 Å². The standard InChI is InChI=1S/C13H17FN4S/c1-3-18-12(7-15)16-17-13(18)19-8-10-6-11(14)5-4-9(10)2/h4-6H,3,7-8,15H2,1-2H3. The lowest BCUT2D eigenvalue weighted by atomic mass is 10.1. The Labute approximate surface area is 116 Å². The van der Waals surface area contributed by atoms with Crippen LogP contribution in [0.5, 0.6) is 0 Å². The highest BCUT2D eigenvalue weighted by Crippen LogP contribution is 2.24. The molecule has 0 aliphatic carbocycles. The second-order valence-corrected chi connectivity index (χ2v) is 5.15. The number of benzene rings is 1. The quantitative estimate of drug-likeness (QED) is 0.855. The van der Waals surface area contributed by atoms with Crippen LogP contribution in [-0.4, -0.2) is 14.8 Å². The van der Waals surface area contributed by atoms with E-state index in [0.717, 1.165) is 28.7 Å². The molecule has 0 radical (unpaired) electrons. The van der Waals surface area contributed by atoms with Crippen molar-refractivity contribution in [1.82, 2.24) is 14.8 Å². The summed E-state index contributed by atoms with van der Waals surface area (Å²) < 4.78 is 15.2. The van der Waals surface area contributed by atoms with Crippen LogP contribution in [-0.2, 0) is 18.8 Å². The smallest absolute Gasteiger partial charge is 0.191 e. The van der Waals surface area contributed by atoms with Gasteiger partial charge < -0.3 is 10.3 Å². The number of halogens is 1. The molecule has 0 aliphatic heterocycles. The van der Waals surface area contributed by atoms with Crippen LogP contribution < -0.4 is 5.73 Å². The van der Waals surface area contributed by atoms with E-state index in [-0.39, 0.29) is 5.82 Å². The first-order valence-electron chi connectivity index (χ1n) is 6.15. The molecule has 2 N–H and O–H groups in total. The number of thioether (sulfide) groups is 1. The van der Waals surface area contributed by atoms with Crippen LogP contribution in [0.25, 0.3) is 0 Å². The summed E-state index contributed by atoms with van der Waals surface area (Å²) in [5.74, 6) is 1.24. The number of nitrogens with two attached hydrogens (primary N) is 1. The van der Waals surface area contributed by atoms with E-state index in [2.05, 4.69) is 10.2 Å². The van der Waals surface area contributed by atoms with E-state index < -0.39 is 0 Å². The normalized spacial score (nSPS) is 10.9. The molecule has 0 amide bonds. The van der Waals surface area contributed by atoms with Crippen LogP contribution >= 0.6 is 11.8 Å². The Hall–Kier alpha value is -1.40. The van der Waals surface area contributed by atoms with E-state index in [0.29, 0.717) is 12.3 Å². The van der Waals surface area contributed by atoms with Gasteiger partial charge in [-0.05, 0) is 37.1 Å². The van der Waals surface area contributed by atoms with E-state index in [1.807, 2.05) is 18.4 Å². The first-order chi connectivity index (χ1) is 9.15. The first-order valence-corrected chi connectivity index (χ1v) is 7.14. The van der Waals surface area contributed by atoms with E-state index in [4.69, 9.17) is 5.73 Å². The lowest BCUT2D eigenvalue weighted by Crippen LogP contribution is -2.08. The Balaban J connectivity index is 2.14. The maximum Gasteiger partial charge on any atom is 0.191 e. The number of aryl methyl sites for hydroxylation is 1. The van der Waals surface area contributed by atoms with Crippen molar-refractivity contribution in [3.05, 3.63) is 41.0 Å². The molecule has 0 unspecified atom stereocenters. The van der Waals surface area contributed by atoms with Gasteiger partial charge >= 0.3 is 0 Å². The molecular formula is C13H17FN4S. The Morgan fingerprint density at radius 3 is 2.84 bits per heavy atom. The topological polar surface area (TPSA) is 56.7 Å². The van der Waals surface area contributed by atoms with Crippen LogP contribution in [0.1, 0.15) is 23.9 Å². The molecule has 102 valence electrons. The van der Waals surface area contributed by atoms with Gasteiger partial charge in [0.1, 0.15) is 11.6 Å². The minimum Gasteiger partial charge on any atom is -0.324 e. The van der Waals surface area contributed by atoms with Gasteiger partial charge in [-0.3, -0.25) is 0 Å². The van der Waals surface area contributed by atoms with E-state index >= 15 is 0 Å². The van der Waals surface area contributed by atoms with Crippen LogP contribution in [0.2, 0.25) is 0 Å². The summed E-state index contributed by atoms with van der Waals surface area (Å²) in [7, 11) is 0. The van der Waals surface area contributed by atoms with Crippen LogP contribution in [0.15, 0.2) is 23.4 Å². The van der Waals surface area contributed by atoms with E-state index in [1.165, 1.54) is 6.07 Å². The van der Waals surface area contributed by atoms with Gasteiger partial charge in [-0.1, -0.05) is 17.8 Å². The van der Waals surface area contributed by atoms with Crippen LogP contribution in [0, 0.1) is 12.7 Å². The van der Waals surface area contributed by atoms with Crippen molar-refractivity contribution >= 4 is 11.8 Å². The zero-order chi connectivity index (χ0) is 13.8. The monoisotopic (exact) mass is 280 g/mol. The van der Waals surface area contributed by atoms with Crippen molar-refractivity contribution in [3.63, 3.8) is 0 Å². The third kappa shape index (κ3) is 3.13. The molecular weight excluding hydrogens is 263 g/mol. The van der Waals surface area contributed by atoms with Crippen molar-refractivity contribution < 1.29 is 4.39 Å². The van der Waals surface area contributed by atoms with Gasteiger partial charge in [0.25, 0.3) is 0 Å². The fraction of sp³-hybridized carbons (Fsp3) is 0.385. The highest BCUT2D eigenvalue weighted by molar-refractivity contribution is 7.98. The average Bonchev–Trinajstić information content (AvgIpc) is 2.81. The molecule has 2 rings (SSSR count). The molecule has 0 saturated heterocycles. The van der Waals surface area contributed by atoms with Crippen molar-refractivity contribution in [2.24, 2.45) is 5.73 Å². The minimum absolute atomic E-state index is 0.208. The fourth-order valence-electron chi connectivity index (χ4n) is 1.83. The summed E-state index contributed by atoms with van der Waals surface area (Å²) in [4.78, 5) is 0. The number of hydrogen-bond donors (Lipinski definition) is 1. The van der Waals surface area contributed by atoms with E-state index in [9.17, 15) is 4.39 Å². The lowest BCUT2D eigenvalue weighted by molar-refractivity contribution is 0.625. The molecule has 1 aromatic carbocycles. The second kappa shape index (κ2) is 6.16. The van der Waals surface area contributed by atoms with Gasteiger partial charge in [-0.15, -0.1) is 10.2 Å². The fourth-order valence-corrected chi connectivity index (χ4v) is 2.92. The Kier molecular flexibility index (Phi) is 4.55. The van der Waals surface area contributed by atoms with Gasteiger partial charge in [-0.25, -0.2) is 4.39 Å². The molecule has 0 spiro atoms. The molecule has 0 atom stereocenters. The van der Waals surface area contributed by atoms with Crippen molar-refractivity contribution in [1.29, 1.82) is 0 Å². The number of aromatic nitrogens is 3. The molecule has 19 heavy (non-hydrogen) atoms. The molecule has 1 aromatic heterocycles. The Morgan fingerprint density at radius 1 is 1.37 bits per heavy atom. The Morgan fingerprint density at radius 2 is 2.16 bits per heavy atom. The Bertz CT molecular complexity index is 568. The molecule has 0 fully saturated rings. The predicted molar refractivity (Wildman–Crippen MR) is 74.3 cm³/mol. The molecule has 0 aliphatic rings. The van der Waals surface area contributed by atoms with Crippen molar-refractivity contribution in [3.8, 4) is 0 Å². The third-order valence-electron chi connectivity index (χ3n) is 2.96. The summed E-state index contributed by atoms with van der Waals surface area (Å²) >= 11 is 1.55. The molecule has 1 heterocycles. The number of hydrogen-bond acceptors (Lipinski definition) is 4. The largest absolute Gasteiger partial charge is 0.324 e. The summed E-state index contributed by atoms with van der Waals surface area (Å²) in [6.07, 6.45) is 0. The zero-order valence-electron chi connectivity index (χ0n) is 11.1. The van der Waals surface area contributed by atoms with Crippen molar-refractivity contribution in [2.45, 2.75) is 37.8 Å². The number of nitrogens with zero attached hydrogens (tertiary/aromatic N) is 3. The summed E-state index contributed by atoms with van der Waals surface area (Å²) in [5, 5.41) is 9.00. The highest BCUT2D eigenvalue weighted by atomic mass is 32.2. The highest BCUT2D eigenvalue weighted by Gasteiger charge is 2.10. The van der Waals surface area contributed by atoms with Crippen LogP contribution in [0.4, 0.5) is 4.39 Å². The van der Waals surface area contributed by atoms with Crippen LogP contribution in [0.3, 0.4) is 0 Å². The molecule has 0 bridgehead atoms. The number of rotatable bonds is 5. The maximum absolute atomic E-state index is 13.2. The van der Waals surface area contributed by atoms with Gasteiger partial charge in [0, 0.05) is 12.3 Å².